The predicted molar refractivity (Wildman–Crippen MR) is 127 cm³/mol. The van der Waals surface area contributed by atoms with Gasteiger partial charge in [0.15, 0.2) is 17.3 Å². The summed E-state index contributed by atoms with van der Waals surface area (Å²) in [5.41, 5.74) is 16.5. The summed E-state index contributed by atoms with van der Waals surface area (Å²) in [5.74, 6) is 0.669. The highest BCUT2D eigenvalue weighted by Crippen LogP contribution is 2.32. The molecule has 1 fully saturated rings. The van der Waals surface area contributed by atoms with Crippen molar-refractivity contribution < 1.29 is 4.52 Å². The monoisotopic (exact) mass is 442 g/mol. The van der Waals surface area contributed by atoms with Crippen LogP contribution >= 0.6 is 0 Å². The average molecular weight is 443 g/mol. The number of nitrogens with two attached hydrogens (primary N) is 2. The van der Waals surface area contributed by atoms with Crippen LogP contribution in [0.4, 0.5) is 5.82 Å². The summed E-state index contributed by atoms with van der Waals surface area (Å²) in [6.07, 6.45) is 7.82. The number of rotatable bonds is 5. The molecule has 4 N–H and O–H groups in total. The van der Waals surface area contributed by atoms with Crippen molar-refractivity contribution in [1.82, 2.24) is 19.7 Å². The van der Waals surface area contributed by atoms with Crippen LogP contribution in [0.25, 0.3) is 34.0 Å². The second kappa shape index (κ2) is 8.63. The van der Waals surface area contributed by atoms with Crippen LogP contribution in [0.2, 0.25) is 0 Å². The zero-order valence-corrected chi connectivity index (χ0v) is 18.4. The van der Waals surface area contributed by atoms with E-state index in [2.05, 4.69) is 10.1 Å². The van der Waals surface area contributed by atoms with Crippen LogP contribution in [0, 0.1) is 0 Å². The van der Waals surface area contributed by atoms with E-state index in [1.807, 2.05) is 42.0 Å². The molecule has 8 heteroatoms. The molecule has 0 saturated heterocycles. The van der Waals surface area contributed by atoms with E-state index in [-0.39, 0.29) is 23.5 Å². The first kappa shape index (κ1) is 21.1. The molecular formula is C25H26N6O2. The number of benzene rings is 1. The maximum atomic E-state index is 12.4. The van der Waals surface area contributed by atoms with Crippen molar-refractivity contribution in [2.45, 2.75) is 44.7 Å². The van der Waals surface area contributed by atoms with E-state index >= 15 is 0 Å². The van der Waals surface area contributed by atoms with Gasteiger partial charge < -0.3 is 20.6 Å². The molecule has 1 aromatic carbocycles. The maximum absolute atomic E-state index is 12.4. The van der Waals surface area contributed by atoms with E-state index in [0.717, 1.165) is 42.4 Å². The fraction of sp³-hybridized carbons (Fsp3) is 0.280. The summed E-state index contributed by atoms with van der Waals surface area (Å²) in [6, 6.07) is 13.2. The van der Waals surface area contributed by atoms with E-state index in [1.54, 1.807) is 24.4 Å². The molecule has 8 nitrogen and oxygen atoms in total. The molecule has 0 bridgehead atoms. The summed E-state index contributed by atoms with van der Waals surface area (Å²) in [6.45, 7) is 1.94. The molecule has 1 saturated carbocycles. The Labute approximate surface area is 191 Å². The van der Waals surface area contributed by atoms with Crippen LogP contribution in [0.3, 0.4) is 0 Å². The van der Waals surface area contributed by atoms with Crippen molar-refractivity contribution in [3.05, 3.63) is 70.8 Å². The van der Waals surface area contributed by atoms with E-state index in [0.29, 0.717) is 22.8 Å². The number of nitrogen functional groups attached to an aromatic ring is 1. The highest BCUT2D eigenvalue weighted by atomic mass is 16.5. The summed E-state index contributed by atoms with van der Waals surface area (Å²) < 4.78 is 7.40. The molecule has 0 spiro atoms. The first-order chi connectivity index (χ1) is 16.0. The first-order valence-electron chi connectivity index (χ1n) is 11.2. The van der Waals surface area contributed by atoms with Gasteiger partial charge in [-0.25, -0.2) is 9.97 Å². The molecule has 3 heterocycles. The van der Waals surface area contributed by atoms with Crippen LogP contribution in [0.15, 0.2) is 64.2 Å². The Balaban J connectivity index is 1.50. The van der Waals surface area contributed by atoms with E-state index < -0.39 is 0 Å². The molecule has 0 amide bonds. The zero-order chi connectivity index (χ0) is 22.9. The average Bonchev–Trinajstić information content (AvgIpc) is 3.53. The number of anilines is 1. The standard InChI is InChI=1S/C25H26N6O2/c1-15(26)16-5-4-6-17(11-16)20-12-22(33-30-20)24-25(27)28-13-21(29-24)18-9-10-23(32)31(14-18)19-7-2-3-8-19/h4-6,9-15,19H,2-3,7-8,26H2,1H3,(H2,27,28). The summed E-state index contributed by atoms with van der Waals surface area (Å²) in [5, 5.41) is 4.20. The Morgan fingerprint density at radius 2 is 1.91 bits per heavy atom. The van der Waals surface area contributed by atoms with Crippen molar-refractivity contribution in [3.8, 4) is 34.0 Å². The van der Waals surface area contributed by atoms with Crippen molar-refractivity contribution in [2.24, 2.45) is 5.73 Å². The third-order valence-corrected chi connectivity index (χ3v) is 6.20. The fourth-order valence-electron chi connectivity index (χ4n) is 4.35. The van der Waals surface area contributed by atoms with Crippen LogP contribution in [-0.2, 0) is 0 Å². The fourth-order valence-corrected chi connectivity index (χ4v) is 4.35. The van der Waals surface area contributed by atoms with Gasteiger partial charge in [-0.1, -0.05) is 36.2 Å². The highest BCUT2D eigenvalue weighted by Gasteiger charge is 2.19. The molecule has 168 valence electrons. The minimum atomic E-state index is -0.0815. The summed E-state index contributed by atoms with van der Waals surface area (Å²) in [4.78, 5) is 21.4. The number of aromatic nitrogens is 4. The van der Waals surface area contributed by atoms with Gasteiger partial charge in [0.1, 0.15) is 5.69 Å². The van der Waals surface area contributed by atoms with Gasteiger partial charge in [0.05, 0.1) is 11.9 Å². The van der Waals surface area contributed by atoms with Crippen LogP contribution in [0.1, 0.15) is 50.3 Å². The molecule has 33 heavy (non-hydrogen) atoms. The van der Waals surface area contributed by atoms with Gasteiger partial charge in [-0.15, -0.1) is 0 Å². The second-order valence-corrected chi connectivity index (χ2v) is 8.58. The second-order valence-electron chi connectivity index (χ2n) is 8.58. The van der Waals surface area contributed by atoms with Gasteiger partial charge in [0.25, 0.3) is 5.56 Å². The van der Waals surface area contributed by atoms with E-state index in [1.165, 1.54) is 0 Å². The van der Waals surface area contributed by atoms with E-state index in [9.17, 15) is 4.79 Å². The van der Waals surface area contributed by atoms with Crippen LogP contribution < -0.4 is 17.0 Å². The molecule has 1 unspecified atom stereocenters. The lowest BCUT2D eigenvalue weighted by Crippen LogP contribution is -2.22. The smallest absolute Gasteiger partial charge is 0.250 e. The van der Waals surface area contributed by atoms with Gasteiger partial charge in [0, 0.05) is 41.5 Å². The predicted octanol–water partition coefficient (Wildman–Crippen LogP) is 4.34. The molecule has 3 aromatic heterocycles. The van der Waals surface area contributed by atoms with Gasteiger partial charge in [-0.3, -0.25) is 4.79 Å². The number of nitrogens with zero attached hydrogens (tertiary/aromatic N) is 4. The van der Waals surface area contributed by atoms with Crippen molar-refractivity contribution in [3.63, 3.8) is 0 Å². The summed E-state index contributed by atoms with van der Waals surface area (Å²) in [7, 11) is 0. The lowest BCUT2D eigenvalue weighted by atomic mass is 10.0. The number of hydrogen-bond donors (Lipinski definition) is 2. The summed E-state index contributed by atoms with van der Waals surface area (Å²) >= 11 is 0. The molecule has 5 rings (SSSR count). The van der Waals surface area contributed by atoms with Crippen LogP contribution in [-0.4, -0.2) is 19.7 Å². The topological polar surface area (TPSA) is 126 Å². The van der Waals surface area contributed by atoms with Crippen molar-refractivity contribution in [1.29, 1.82) is 0 Å². The highest BCUT2D eigenvalue weighted by molar-refractivity contribution is 5.73. The quantitative estimate of drug-likeness (QED) is 0.471. The minimum absolute atomic E-state index is 0.00295. The minimum Gasteiger partial charge on any atom is -0.382 e. The molecular weight excluding hydrogens is 416 g/mol. The molecule has 1 atom stereocenters. The molecule has 0 aliphatic heterocycles. The Morgan fingerprint density at radius 3 is 2.70 bits per heavy atom. The Kier molecular flexibility index (Phi) is 5.51. The molecule has 1 aliphatic carbocycles. The Hall–Kier alpha value is -3.78. The van der Waals surface area contributed by atoms with E-state index in [4.69, 9.17) is 21.0 Å². The van der Waals surface area contributed by atoms with Gasteiger partial charge >= 0.3 is 0 Å². The number of pyridine rings is 1. The largest absolute Gasteiger partial charge is 0.382 e. The maximum Gasteiger partial charge on any atom is 0.250 e. The van der Waals surface area contributed by atoms with Gasteiger partial charge in [-0.2, -0.15) is 0 Å². The first-order valence-corrected chi connectivity index (χ1v) is 11.2. The van der Waals surface area contributed by atoms with Crippen molar-refractivity contribution in [2.75, 3.05) is 5.73 Å². The normalized spacial score (nSPS) is 15.1. The zero-order valence-electron chi connectivity index (χ0n) is 18.4. The molecule has 4 aromatic rings. The lowest BCUT2D eigenvalue weighted by Gasteiger charge is -2.14. The van der Waals surface area contributed by atoms with Gasteiger partial charge in [-0.05, 0) is 37.5 Å². The van der Waals surface area contributed by atoms with Crippen LogP contribution in [0.5, 0.6) is 0 Å². The molecule has 0 radical (unpaired) electrons. The van der Waals surface area contributed by atoms with Gasteiger partial charge in [0.2, 0.25) is 0 Å². The Bertz CT molecular complexity index is 1350. The third kappa shape index (κ3) is 4.17. The van der Waals surface area contributed by atoms with Crippen molar-refractivity contribution >= 4 is 5.82 Å². The third-order valence-electron chi connectivity index (χ3n) is 6.20. The molecule has 1 aliphatic rings. The SMILES string of the molecule is CC(N)c1cccc(-c2cc(-c3nc(-c4ccc(=O)n(C5CCCC5)c4)cnc3N)on2)c1. The lowest BCUT2D eigenvalue weighted by molar-refractivity contribution is 0.434. The number of hydrogen-bond acceptors (Lipinski definition) is 7. The Morgan fingerprint density at radius 1 is 1.09 bits per heavy atom.